The molecule has 0 aromatic heterocycles. The van der Waals surface area contributed by atoms with Gasteiger partial charge in [0.2, 0.25) is 5.91 Å². The quantitative estimate of drug-likeness (QED) is 0.494. The predicted molar refractivity (Wildman–Crippen MR) is 119 cm³/mol. The third-order valence-corrected chi connectivity index (χ3v) is 5.08. The van der Waals surface area contributed by atoms with Crippen LogP contribution >= 0.6 is 11.6 Å². The lowest BCUT2D eigenvalue weighted by molar-refractivity contribution is -0.123. The Kier molecular flexibility index (Phi) is 9.54. The van der Waals surface area contributed by atoms with Gasteiger partial charge in [-0.15, -0.1) is 0 Å². The minimum absolute atomic E-state index is 0.0883. The molecule has 1 aromatic rings. The molecule has 0 spiro atoms. The molecule has 1 fully saturated rings. The second-order valence-electron chi connectivity index (χ2n) is 7.43. The number of guanidine groups is 1. The Balaban J connectivity index is 1.87. The molecule has 1 amide bonds. The number of nitrogens with zero attached hydrogens (tertiary/aromatic N) is 3. The Hall–Kier alpha value is -1.99. The minimum Gasteiger partial charge on any atom is -0.497 e. The standard InChI is InChI=1S/C21H34ClN5O2/c1-5-23-21(24-9-8-17-6-7-18(29-4)14-19(17)22)27-12-10-26(11-13-27)15-20(28)25-16(2)3/h6-7,14,16H,5,8-13,15H2,1-4H3,(H,23,24)(H,25,28). The van der Waals surface area contributed by atoms with Crippen LogP contribution in [0.25, 0.3) is 0 Å². The molecule has 29 heavy (non-hydrogen) atoms. The molecule has 7 nitrogen and oxygen atoms in total. The molecule has 1 aliphatic rings. The number of rotatable bonds is 8. The van der Waals surface area contributed by atoms with Gasteiger partial charge in [-0.3, -0.25) is 14.7 Å². The van der Waals surface area contributed by atoms with Gasteiger partial charge in [0.25, 0.3) is 0 Å². The van der Waals surface area contributed by atoms with Crippen molar-refractivity contribution >= 4 is 23.5 Å². The van der Waals surface area contributed by atoms with Crippen molar-refractivity contribution in [2.75, 3.05) is 52.9 Å². The highest BCUT2D eigenvalue weighted by Crippen LogP contribution is 2.22. The number of halogens is 1. The van der Waals surface area contributed by atoms with Crippen LogP contribution in [0.15, 0.2) is 23.2 Å². The summed E-state index contributed by atoms with van der Waals surface area (Å²) in [7, 11) is 1.63. The molecular weight excluding hydrogens is 390 g/mol. The monoisotopic (exact) mass is 423 g/mol. The van der Waals surface area contributed by atoms with Gasteiger partial charge in [-0.1, -0.05) is 17.7 Å². The molecule has 2 N–H and O–H groups in total. The van der Waals surface area contributed by atoms with Crippen molar-refractivity contribution in [1.82, 2.24) is 20.4 Å². The van der Waals surface area contributed by atoms with E-state index in [1.54, 1.807) is 7.11 Å². The van der Waals surface area contributed by atoms with E-state index in [9.17, 15) is 4.79 Å². The third kappa shape index (κ3) is 7.74. The van der Waals surface area contributed by atoms with Crippen LogP contribution in [-0.2, 0) is 11.2 Å². The number of nitrogens with one attached hydrogen (secondary N) is 2. The molecule has 1 saturated heterocycles. The van der Waals surface area contributed by atoms with E-state index in [4.69, 9.17) is 21.3 Å². The number of carbonyl (C=O) groups excluding carboxylic acids is 1. The van der Waals surface area contributed by atoms with Gasteiger partial charge in [0.15, 0.2) is 5.96 Å². The van der Waals surface area contributed by atoms with Crippen LogP contribution in [-0.4, -0.2) is 80.6 Å². The average Bonchev–Trinajstić information content (AvgIpc) is 2.68. The van der Waals surface area contributed by atoms with Crippen LogP contribution in [0.1, 0.15) is 26.3 Å². The number of methoxy groups -OCH3 is 1. The molecule has 8 heteroatoms. The van der Waals surface area contributed by atoms with Crippen LogP contribution in [0.2, 0.25) is 5.02 Å². The van der Waals surface area contributed by atoms with Gasteiger partial charge in [0.05, 0.1) is 13.7 Å². The Morgan fingerprint density at radius 1 is 1.28 bits per heavy atom. The van der Waals surface area contributed by atoms with E-state index in [1.807, 2.05) is 32.0 Å². The van der Waals surface area contributed by atoms with Gasteiger partial charge in [0, 0.05) is 50.3 Å². The zero-order chi connectivity index (χ0) is 21.2. The molecule has 0 atom stereocenters. The summed E-state index contributed by atoms with van der Waals surface area (Å²) in [6, 6.07) is 5.92. The number of hydrogen-bond donors (Lipinski definition) is 2. The normalized spacial score (nSPS) is 15.5. The molecule has 2 rings (SSSR count). The van der Waals surface area contributed by atoms with Crippen LogP contribution in [0.3, 0.4) is 0 Å². The first-order valence-corrected chi connectivity index (χ1v) is 10.7. The summed E-state index contributed by atoms with van der Waals surface area (Å²) in [5, 5.41) is 7.04. The maximum atomic E-state index is 12.0. The van der Waals surface area contributed by atoms with Crippen molar-refractivity contribution < 1.29 is 9.53 Å². The molecule has 1 aliphatic heterocycles. The Bertz CT molecular complexity index is 688. The SMILES string of the molecule is CCNC(=NCCc1ccc(OC)cc1Cl)N1CCN(CC(=O)NC(C)C)CC1. The van der Waals surface area contributed by atoms with Crippen molar-refractivity contribution in [1.29, 1.82) is 0 Å². The molecule has 162 valence electrons. The van der Waals surface area contributed by atoms with E-state index >= 15 is 0 Å². The summed E-state index contributed by atoms with van der Waals surface area (Å²) in [5.41, 5.74) is 1.06. The molecule has 1 heterocycles. The topological polar surface area (TPSA) is 69.2 Å². The number of piperazine rings is 1. The van der Waals surface area contributed by atoms with E-state index in [1.165, 1.54) is 0 Å². The molecule has 0 radical (unpaired) electrons. The summed E-state index contributed by atoms with van der Waals surface area (Å²) < 4.78 is 5.20. The molecule has 0 saturated carbocycles. The van der Waals surface area contributed by atoms with E-state index in [0.29, 0.717) is 18.1 Å². The fraction of sp³-hybridized carbons (Fsp3) is 0.619. The lowest BCUT2D eigenvalue weighted by Crippen LogP contribution is -2.54. The largest absolute Gasteiger partial charge is 0.497 e. The number of carbonyl (C=O) groups is 1. The fourth-order valence-corrected chi connectivity index (χ4v) is 3.52. The summed E-state index contributed by atoms with van der Waals surface area (Å²) in [4.78, 5) is 21.2. The molecule has 0 unspecified atom stereocenters. The average molecular weight is 424 g/mol. The smallest absolute Gasteiger partial charge is 0.234 e. The third-order valence-electron chi connectivity index (χ3n) is 4.73. The van der Waals surface area contributed by atoms with Crippen molar-refractivity contribution in [3.8, 4) is 5.75 Å². The first-order valence-electron chi connectivity index (χ1n) is 10.3. The highest BCUT2D eigenvalue weighted by atomic mass is 35.5. The van der Waals surface area contributed by atoms with Gasteiger partial charge in [-0.2, -0.15) is 0 Å². The second kappa shape index (κ2) is 11.9. The molecule has 0 bridgehead atoms. The molecular formula is C21H34ClN5O2. The second-order valence-corrected chi connectivity index (χ2v) is 7.84. The summed E-state index contributed by atoms with van der Waals surface area (Å²) in [5.74, 6) is 1.77. The maximum Gasteiger partial charge on any atom is 0.234 e. The molecule has 1 aromatic carbocycles. The van der Waals surface area contributed by atoms with Gasteiger partial charge in [0.1, 0.15) is 5.75 Å². The van der Waals surface area contributed by atoms with Crippen LogP contribution < -0.4 is 15.4 Å². The first kappa shape index (κ1) is 23.3. The van der Waals surface area contributed by atoms with Crippen molar-refractivity contribution in [2.45, 2.75) is 33.2 Å². The van der Waals surface area contributed by atoms with Crippen molar-refractivity contribution in [3.63, 3.8) is 0 Å². The number of ether oxygens (including phenoxy) is 1. The zero-order valence-corrected chi connectivity index (χ0v) is 18.8. The number of hydrogen-bond acceptors (Lipinski definition) is 4. The van der Waals surface area contributed by atoms with Crippen LogP contribution in [0.4, 0.5) is 0 Å². The minimum atomic E-state index is 0.0883. The van der Waals surface area contributed by atoms with E-state index in [2.05, 4.69) is 27.4 Å². The van der Waals surface area contributed by atoms with Gasteiger partial charge >= 0.3 is 0 Å². The number of benzene rings is 1. The highest BCUT2D eigenvalue weighted by molar-refractivity contribution is 6.31. The van der Waals surface area contributed by atoms with Gasteiger partial charge < -0.3 is 20.3 Å². The Labute approximate surface area is 179 Å². The van der Waals surface area contributed by atoms with Gasteiger partial charge in [-0.05, 0) is 44.9 Å². The first-order chi connectivity index (χ1) is 13.9. The van der Waals surface area contributed by atoms with Crippen molar-refractivity contribution in [2.24, 2.45) is 4.99 Å². The lowest BCUT2D eigenvalue weighted by Gasteiger charge is -2.36. The predicted octanol–water partition coefficient (Wildman–Crippen LogP) is 2.00. The molecule has 0 aliphatic carbocycles. The van der Waals surface area contributed by atoms with Gasteiger partial charge in [-0.25, -0.2) is 0 Å². The Morgan fingerprint density at radius 2 is 2.00 bits per heavy atom. The zero-order valence-electron chi connectivity index (χ0n) is 18.0. The number of aliphatic imine (C=N–C) groups is 1. The van der Waals surface area contributed by atoms with E-state index < -0.39 is 0 Å². The highest BCUT2D eigenvalue weighted by Gasteiger charge is 2.21. The number of amides is 1. The van der Waals surface area contributed by atoms with Crippen LogP contribution in [0, 0.1) is 0 Å². The summed E-state index contributed by atoms with van der Waals surface area (Å²) in [6.45, 7) is 11.4. The maximum absolute atomic E-state index is 12.0. The van der Waals surface area contributed by atoms with Crippen LogP contribution in [0.5, 0.6) is 5.75 Å². The Morgan fingerprint density at radius 3 is 2.59 bits per heavy atom. The lowest BCUT2D eigenvalue weighted by atomic mass is 10.1. The van der Waals surface area contributed by atoms with E-state index in [0.717, 1.165) is 56.4 Å². The van der Waals surface area contributed by atoms with Crippen molar-refractivity contribution in [3.05, 3.63) is 28.8 Å². The summed E-state index contributed by atoms with van der Waals surface area (Å²) in [6.07, 6.45) is 0.771. The fourth-order valence-electron chi connectivity index (χ4n) is 3.25. The van der Waals surface area contributed by atoms with E-state index in [-0.39, 0.29) is 11.9 Å². The summed E-state index contributed by atoms with van der Waals surface area (Å²) >= 11 is 6.33.